The van der Waals surface area contributed by atoms with E-state index in [1.807, 2.05) is 0 Å². The second-order valence-corrected chi connectivity index (χ2v) is 6.95. The van der Waals surface area contributed by atoms with Crippen LogP contribution in [0.1, 0.15) is 56.3 Å². The van der Waals surface area contributed by atoms with Crippen LogP contribution in [0.5, 0.6) is 0 Å². The van der Waals surface area contributed by atoms with Gasteiger partial charge in [-0.05, 0) is 70.2 Å². The Labute approximate surface area is 129 Å². The van der Waals surface area contributed by atoms with E-state index in [-0.39, 0.29) is 0 Å². The second kappa shape index (κ2) is 6.45. The minimum atomic E-state index is 0.481. The van der Waals surface area contributed by atoms with Crippen LogP contribution in [-0.4, -0.2) is 35.6 Å². The molecule has 0 radical (unpaired) electrons. The molecule has 1 aromatic rings. The third-order valence-corrected chi connectivity index (χ3v) is 5.51. The van der Waals surface area contributed by atoms with Gasteiger partial charge in [-0.15, -0.1) is 0 Å². The van der Waals surface area contributed by atoms with Gasteiger partial charge < -0.3 is 10.2 Å². The molecular weight excluding hydrogens is 258 g/mol. The summed E-state index contributed by atoms with van der Waals surface area (Å²) in [5.74, 6) is 0.759. The van der Waals surface area contributed by atoms with Gasteiger partial charge in [0.15, 0.2) is 0 Å². The van der Waals surface area contributed by atoms with Crippen molar-refractivity contribution < 1.29 is 0 Å². The predicted octanol–water partition coefficient (Wildman–Crippen LogP) is 3.30. The van der Waals surface area contributed by atoms with E-state index < -0.39 is 0 Å². The normalized spacial score (nSPS) is 30.5. The summed E-state index contributed by atoms with van der Waals surface area (Å²) < 4.78 is 0. The second-order valence-electron chi connectivity index (χ2n) is 6.95. The Balaban J connectivity index is 1.77. The zero-order valence-electron chi connectivity index (χ0n) is 13.7. The van der Waals surface area contributed by atoms with Crippen molar-refractivity contribution in [3.8, 4) is 0 Å². The molecule has 2 saturated heterocycles. The molecule has 3 rings (SSSR count). The van der Waals surface area contributed by atoms with Crippen molar-refractivity contribution in [2.24, 2.45) is 5.92 Å². The topological polar surface area (TPSA) is 28.2 Å². The van der Waals surface area contributed by atoms with Crippen LogP contribution >= 0.6 is 0 Å². The molecule has 21 heavy (non-hydrogen) atoms. The Morgan fingerprint density at radius 2 is 2.00 bits per heavy atom. The number of hydrogen-bond acceptors (Lipinski definition) is 3. The minimum absolute atomic E-state index is 0.481. The molecule has 1 N–H and O–H groups in total. The largest absolute Gasteiger partial charge is 0.310 e. The molecule has 3 heteroatoms. The highest BCUT2D eigenvalue weighted by atomic mass is 15.2. The molecule has 3 heterocycles. The average molecular weight is 287 g/mol. The lowest BCUT2D eigenvalue weighted by Crippen LogP contribution is -2.43. The van der Waals surface area contributed by atoms with Gasteiger partial charge in [0.25, 0.3) is 0 Å². The lowest BCUT2D eigenvalue weighted by Gasteiger charge is -2.40. The number of rotatable bonds is 5. The zero-order valence-corrected chi connectivity index (χ0v) is 13.7. The summed E-state index contributed by atoms with van der Waals surface area (Å²) >= 11 is 0. The molecule has 0 aromatic carbocycles. The van der Waals surface area contributed by atoms with E-state index in [1.54, 1.807) is 0 Å². The maximum Gasteiger partial charge on any atom is 0.0372 e. The highest BCUT2D eigenvalue weighted by molar-refractivity contribution is 5.19. The molecular formula is C18H29N3. The number of aromatic nitrogens is 1. The summed E-state index contributed by atoms with van der Waals surface area (Å²) in [4.78, 5) is 7.15. The fraction of sp³-hybridized carbons (Fsp3) is 0.722. The molecule has 0 saturated carbocycles. The first-order valence-corrected chi connectivity index (χ1v) is 8.57. The van der Waals surface area contributed by atoms with Gasteiger partial charge in [-0.25, -0.2) is 0 Å². The van der Waals surface area contributed by atoms with E-state index in [0.29, 0.717) is 6.04 Å². The molecule has 3 nitrogen and oxygen atoms in total. The monoisotopic (exact) mass is 287 g/mol. The van der Waals surface area contributed by atoms with Crippen molar-refractivity contribution >= 4 is 0 Å². The van der Waals surface area contributed by atoms with Crippen LogP contribution in [0.25, 0.3) is 0 Å². The Morgan fingerprint density at radius 3 is 2.57 bits per heavy atom. The maximum atomic E-state index is 4.52. The average Bonchev–Trinajstić information content (AvgIpc) is 2.72. The van der Waals surface area contributed by atoms with Gasteiger partial charge in [-0.1, -0.05) is 13.0 Å². The highest BCUT2D eigenvalue weighted by Crippen LogP contribution is 2.42. The number of pyridine rings is 1. The highest BCUT2D eigenvalue weighted by Gasteiger charge is 2.41. The standard InChI is InChI=1S/C18H29N3/c1-4-9-19-18(14-6-5-13(2)20-12-14)15-10-16-7-8-17(11-15)21(16)3/h5-6,12,15-19H,4,7-11H2,1-3H3. The summed E-state index contributed by atoms with van der Waals surface area (Å²) in [6.07, 6.45) is 8.73. The fourth-order valence-corrected chi connectivity index (χ4v) is 4.25. The van der Waals surface area contributed by atoms with Crippen molar-refractivity contribution in [2.45, 2.75) is 64.1 Å². The third-order valence-electron chi connectivity index (χ3n) is 5.51. The first-order chi connectivity index (χ1) is 10.2. The van der Waals surface area contributed by atoms with Gasteiger partial charge in [0.05, 0.1) is 0 Å². The quantitative estimate of drug-likeness (QED) is 0.900. The van der Waals surface area contributed by atoms with E-state index in [1.165, 1.54) is 37.7 Å². The van der Waals surface area contributed by atoms with Crippen LogP contribution in [0.3, 0.4) is 0 Å². The van der Waals surface area contributed by atoms with E-state index >= 15 is 0 Å². The molecule has 0 amide bonds. The first-order valence-electron chi connectivity index (χ1n) is 8.57. The van der Waals surface area contributed by atoms with Crippen LogP contribution in [-0.2, 0) is 0 Å². The summed E-state index contributed by atoms with van der Waals surface area (Å²) in [5, 5.41) is 3.80. The molecule has 2 aliphatic heterocycles. The van der Waals surface area contributed by atoms with Crippen LogP contribution in [0.4, 0.5) is 0 Å². The van der Waals surface area contributed by atoms with Crippen LogP contribution < -0.4 is 5.32 Å². The van der Waals surface area contributed by atoms with E-state index in [2.05, 4.69) is 54.4 Å². The van der Waals surface area contributed by atoms with Crippen molar-refractivity contribution in [3.63, 3.8) is 0 Å². The zero-order chi connectivity index (χ0) is 14.8. The number of hydrogen-bond donors (Lipinski definition) is 1. The lowest BCUT2D eigenvalue weighted by molar-refractivity contribution is 0.112. The predicted molar refractivity (Wildman–Crippen MR) is 87.3 cm³/mol. The van der Waals surface area contributed by atoms with Crippen molar-refractivity contribution in [2.75, 3.05) is 13.6 Å². The van der Waals surface area contributed by atoms with Gasteiger partial charge >= 0.3 is 0 Å². The Kier molecular flexibility index (Phi) is 4.60. The lowest BCUT2D eigenvalue weighted by atomic mass is 9.82. The summed E-state index contributed by atoms with van der Waals surface area (Å²) in [6.45, 7) is 5.41. The summed E-state index contributed by atoms with van der Waals surface area (Å²) in [6, 6.07) is 6.51. The Hall–Kier alpha value is -0.930. The van der Waals surface area contributed by atoms with E-state index in [0.717, 1.165) is 30.2 Å². The number of nitrogens with one attached hydrogen (secondary N) is 1. The van der Waals surface area contributed by atoms with Gasteiger partial charge in [-0.2, -0.15) is 0 Å². The molecule has 3 atom stereocenters. The fourth-order valence-electron chi connectivity index (χ4n) is 4.25. The van der Waals surface area contributed by atoms with Crippen molar-refractivity contribution in [3.05, 3.63) is 29.6 Å². The Bertz CT molecular complexity index is 442. The molecule has 3 unspecified atom stereocenters. The molecule has 2 bridgehead atoms. The molecule has 0 aliphatic carbocycles. The number of aryl methyl sites for hydroxylation is 1. The summed E-state index contributed by atoms with van der Waals surface area (Å²) in [7, 11) is 2.32. The van der Waals surface area contributed by atoms with Gasteiger partial charge in [0.2, 0.25) is 0 Å². The number of piperidine rings is 1. The molecule has 1 aromatic heterocycles. The van der Waals surface area contributed by atoms with E-state index in [4.69, 9.17) is 0 Å². The van der Waals surface area contributed by atoms with Crippen LogP contribution in [0, 0.1) is 12.8 Å². The molecule has 2 aliphatic rings. The van der Waals surface area contributed by atoms with Gasteiger partial charge in [0, 0.05) is 30.0 Å². The first kappa shape index (κ1) is 15.0. The van der Waals surface area contributed by atoms with Gasteiger partial charge in [-0.3, -0.25) is 4.98 Å². The summed E-state index contributed by atoms with van der Waals surface area (Å²) in [5.41, 5.74) is 2.49. The van der Waals surface area contributed by atoms with Crippen molar-refractivity contribution in [1.29, 1.82) is 0 Å². The minimum Gasteiger partial charge on any atom is -0.310 e. The smallest absolute Gasteiger partial charge is 0.0372 e. The van der Waals surface area contributed by atoms with Crippen LogP contribution in [0.2, 0.25) is 0 Å². The molecule has 2 fully saturated rings. The third kappa shape index (κ3) is 3.14. The van der Waals surface area contributed by atoms with E-state index in [9.17, 15) is 0 Å². The van der Waals surface area contributed by atoms with Crippen molar-refractivity contribution in [1.82, 2.24) is 15.2 Å². The number of fused-ring (bicyclic) bond motifs is 2. The van der Waals surface area contributed by atoms with Gasteiger partial charge in [0.1, 0.15) is 0 Å². The Morgan fingerprint density at radius 1 is 1.29 bits per heavy atom. The van der Waals surface area contributed by atoms with Crippen LogP contribution in [0.15, 0.2) is 18.3 Å². The molecule has 0 spiro atoms. The molecule has 116 valence electrons. The number of nitrogens with zero attached hydrogens (tertiary/aromatic N) is 2. The SMILES string of the molecule is CCCNC(c1ccc(C)nc1)C1CC2CCC(C1)N2C. The maximum absolute atomic E-state index is 4.52.